The number of amides is 2. The van der Waals surface area contributed by atoms with Gasteiger partial charge in [-0.1, -0.05) is 36.4 Å². The zero-order chi connectivity index (χ0) is 18.7. The topological polar surface area (TPSA) is 57.6 Å². The Kier molecular flexibility index (Phi) is 5.23. The van der Waals surface area contributed by atoms with E-state index >= 15 is 0 Å². The number of halogens is 1. The fourth-order valence-corrected chi connectivity index (χ4v) is 3.43. The van der Waals surface area contributed by atoms with Gasteiger partial charge < -0.3 is 5.11 Å². The van der Waals surface area contributed by atoms with Crippen LogP contribution in [0.4, 0.5) is 9.18 Å². The van der Waals surface area contributed by atoms with Crippen LogP contribution in [0.5, 0.6) is 5.75 Å². The highest BCUT2D eigenvalue weighted by atomic mass is 32.2. The first kappa shape index (κ1) is 17.9. The normalized spacial score (nSPS) is 15.7. The Balaban J connectivity index is 1.84. The van der Waals surface area contributed by atoms with Crippen molar-refractivity contribution in [2.24, 2.45) is 0 Å². The molecule has 0 atom stereocenters. The van der Waals surface area contributed by atoms with Gasteiger partial charge in [0, 0.05) is 5.56 Å². The van der Waals surface area contributed by atoms with Crippen LogP contribution in [-0.4, -0.2) is 21.2 Å². The van der Waals surface area contributed by atoms with E-state index in [1.165, 1.54) is 30.3 Å². The third kappa shape index (κ3) is 3.70. The summed E-state index contributed by atoms with van der Waals surface area (Å²) in [5.74, 6) is -0.742. The van der Waals surface area contributed by atoms with E-state index in [4.69, 9.17) is 0 Å². The van der Waals surface area contributed by atoms with E-state index in [-0.39, 0.29) is 23.0 Å². The molecule has 1 N–H and O–H groups in total. The molecule has 1 heterocycles. The standard InChI is InChI=1S/C20H16FNO3S/c1-2-4-14-5-3-6-15(18(14)23)11-17-19(24)22(20(25)26-17)12-13-7-9-16(21)10-8-13/h2-3,5-11,23H,1,4,12H2/b17-11+. The monoisotopic (exact) mass is 369 g/mol. The maximum atomic E-state index is 13.0. The first-order valence-corrected chi connectivity index (χ1v) is 8.73. The van der Waals surface area contributed by atoms with Crippen molar-refractivity contribution in [2.75, 3.05) is 0 Å². The van der Waals surface area contributed by atoms with Gasteiger partial charge in [-0.3, -0.25) is 14.5 Å². The predicted molar refractivity (Wildman–Crippen MR) is 99.9 cm³/mol. The van der Waals surface area contributed by atoms with Crippen LogP contribution in [-0.2, 0) is 17.8 Å². The van der Waals surface area contributed by atoms with Gasteiger partial charge in [-0.15, -0.1) is 6.58 Å². The molecule has 2 aromatic rings. The molecule has 0 saturated carbocycles. The van der Waals surface area contributed by atoms with Crippen LogP contribution < -0.4 is 0 Å². The second-order valence-electron chi connectivity index (χ2n) is 5.74. The summed E-state index contributed by atoms with van der Waals surface area (Å²) >= 11 is 0.820. The Hall–Kier alpha value is -2.86. The molecule has 4 nitrogen and oxygen atoms in total. The first-order valence-electron chi connectivity index (χ1n) is 7.91. The van der Waals surface area contributed by atoms with E-state index in [1.807, 2.05) is 0 Å². The zero-order valence-electron chi connectivity index (χ0n) is 13.8. The van der Waals surface area contributed by atoms with Crippen molar-refractivity contribution >= 4 is 29.0 Å². The molecule has 1 aliphatic heterocycles. The Labute approximate surface area is 154 Å². The van der Waals surface area contributed by atoms with Gasteiger partial charge in [0.1, 0.15) is 11.6 Å². The van der Waals surface area contributed by atoms with Gasteiger partial charge in [0.15, 0.2) is 0 Å². The molecular weight excluding hydrogens is 353 g/mol. The highest BCUT2D eigenvalue weighted by Crippen LogP contribution is 2.35. The quantitative estimate of drug-likeness (QED) is 0.623. The van der Waals surface area contributed by atoms with Crippen molar-refractivity contribution in [3.8, 4) is 5.75 Å². The molecule has 26 heavy (non-hydrogen) atoms. The largest absolute Gasteiger partial charge is 0.507 e. The summed E-state index contributed by atoms with van der Waals surface area (Å²) in [7, 11) is 0. The molecule has 0 unspecified atom stereocenters. The summed E-state index contributed by atoms with van der Waals surface area (Å²) in [6.07, 6.45) is 3.69. The van der Waals surface area contributed by atoms with E-state index in [9.17, 15) is 19.1 Å². The number of rotatable bonds is 5. The van der Waals surface area contributed by atoms with Crippen LogP contribution in [0.1, 0.15) is 16.7 Å². The first-order chi connectivity index (χ1) is 12.5. The molecule has 0 aliphatic carbocycles. The van der Waals surface area contributed by atoms with Crippen molar-refractivity contribution in [3.05, 3.63) is 82.5 Å². The maximum absolute atomic E-state index is 13.0. The van der Waals surface area contributed by atoms with Gasteiger partial charge in [-0.2, -0.15) is 0 Å². The molecule has 3 rings (SSSR count). The van der Waals surface area contributed by atoms with Crippen LogP contribution >= 0.6 is 11.8 Å². The fraction of sp³-hybridized carbons (Fsp3) is 0.100. The van der Waals surface area contributed by atoms with Crippen LogP contribution in [0.2, 0.25) is 0 Å². The lowest BCUT2D eigenvalue weighted by Crippen LogP contribution is -2.27. The average Bonchev–Trinajstić information content (AvgIpc) is 2.88. The summed E-state index contributed by atoms with van der Waals surface area (Å²) in [6.45, 7) is 3.72. The van der Waals surface area contributed by atoms with Gasteiger partial charge in [-0.05, 0) is 47.5 Å². The van der Waals surface area contributed by atoms with Crippen molar-refractivity contribution in [1.82, 2.24) is 4.90 Å². The second-order valence-corrected chi connectivity index (χ2v) is 6.74. The number of carbonyl (C=O) groups is 2. The van der Waals surface area contributed by atoms with Crippen LogP contribution in [0.25, 0.3) is 6.08 Å². The summed E-state index contributed by atoms with van der Waals surface area (Å²) in [4.78, 5) is 26.1. The molecule has 0 bridgehead atoms. The van der Waals surface area contributed by atoms with Crippen molar-refractivity contribution < 1.29 is 19.1 Å². The third-order valence-electron chi connectivity index (χ3n) is 3.93. The number of carbonyl (C=O) groups excluding carboxylic acids is 2. The van der Waals surface area contributed by atoms with Crippen LogP contribution in [0.15, 0.2) is 60.0 Å². The molecular formula is C20H16FNO3S. The summed E-state index contributed by atoms with van der Waals surface area (Å²) < 4.78 is 13.0. The summed E-state index contributed by atoms with van der Waals surface area (Å²) in [5.41, 5.74) is 1.82. The molecule has 132 valence electrons. The number of phenols is 1. The predicted octanol–water partition coefficient (Wildman–Crippen LogP) is 4.50. The second kappa shape index (κ2) is 7.58. The van der Waals surface area contributed by atoms with E-state index in [1.54, 1.807) is 24.3 Å². The lowest BCUT2D eigenvalue weighted by molar-refractivity contribution is -0.123. The lowest BCUT2D eigenvalue weighted by Gasteiger charge is -2.12. The number of hydrogen-bond donors (Lipinski definition) is 1. The number of allylic oxidation sites excluding steroid dienone is 1. The number of phenolic OH excluding ortho intramolecular Hbond substituents is 1. The number of thioether (sulfide) groups is 1. The molecule has 1 saturated heterocycles. The Morgan fingerprint density at radius 3 is 2.58 bits per heavy atom. The molecule has 2 amide bonds. The van der Waals surface area contributed by atoms with Crippen molar-refractivity contribution in [2.45, 2.75) is 13.0 Å². The molecule has 2 aromatic carbocycles. The van der Waals surface area contributed by atoms with E-state index < -0.39 is 11.1 Å². The number of aromatic hydroxyl groups is 1. The van der Waals surface area contributed by atoms with Gasteiger partial charge in [0.05, 0.1) is 11.4 Å². The van der Waals surface area contributed by atoms with Crippen LogP contribution in [0, 0.1) is 5.82 Å². The van der Waals surface area contributed by atoms with E-state index in [2.05, 4.69) is 6.58 Å². The molecule has 1 aliphatic rings. The lowest BCUT2D eigenvalue weighted by atomic mass is 10.1. The van der Waals surface area contributed by atoms with E-state index in [0.717, 1.165) is 16.7 Å². The van der Waals surface area contributed by atoms with Gasteiger partial charge >= 0.3 is 0 Å². The average molecular weight is 369 g/mol. The van der Waals surface area contributed by atoms with Gasteiger partial charge in [-0.25, -0.2) is 4.39 Å². The van der Waals surface area contributed by atoms with Gasteiger partial charge in [0.25, 0.3) is 11.1 Å². The fourth-order valence-electron chi connectivity index (χ4n) is 2.60. The zero-order valence-corrected chi connectivity index (χ0v) is 14.6. The minimum Gasteiger partial charge on any atom is -0.507 e. The van der Waals surface area contributed by atoms with Crippen LogP contribution in [0.3, 0.4) is 0 Å². The maximum Gasteiger partial charge on any atom is 0.293 e. The SMILES string of the molecule is C=CCc1cccc(/C=C2/SC(=O)N(Cc3ccc(F)cc3)C2=O)c1O. The van der Waals surface area contributed by atoms with E-state index in [0.29, 0.717) is 23.1 Å². The minimum atomic E-state index is -0.433. The molecule has 1 fully saturated rings. The molecule has 0 spiro atoms. The van der Waals surface area contributed by atoms with Gasteiger partial charge in [0.2, 0.25) is 0 Å². The van der Waals surface area contributed by atoms with Crippen molar-refractivity contribution in [3.63, 3.8) is 0 Å². The number of imide groups is 1. The number of nitrogens with zero attached hydrogens (tertiary/aromatic N) is 1. The molecule has 6 heteroatoms. The Morgan fingerprint density at radius 1 is 1.15 bits per heavy atom. The number of hydrogen-bond acceptors (Lipinski definition) is 4. The third-order valence-corrected chi connectivity index (χ3v) is 4.84. The molecule has 0 radical (unpaired) electrons. The highest BCUT2D eigenvalue weighted by molar-refractivity contribution is 8.18. The Morgan fingerprint density at radius 2 is 1.88 bits per heavy atom. The highest BCUT2D eigenvalue weighted by Gasteiger charge is 2.35. The number of benzene rings is 2. The molecule has 0 aromatic heterocycles. The van der Waals surface area contributed by atoms with Crippen molar-refractivity contribution in [1.29, 1.82) is 0 Å². The summed E-state index contributed by atoms with van der Waals surface area (Å²) in [6, 6.07) is 10.9. The summed E-state index contributed by atoms with van der Waals surface area (Å²) in [5, 5.41) is 9.92. The Bertz CT molecular complexity index is 906. The minimum absolute atomic E-state index is 0.0673. The smallest absolute Gasteiger partial charge is 0.293 e. The number of para-hydroxylation sites is 1.